The van der Waals surface area contributed by atoms with E-state index < -0.39 is 5.91 Å². The quantitative estimate of drug-likeness (QED) is 0.561. The summed E-state index contributed by atoms with van der Waals surface area (Å²) in [6, 6.07) is 21.1. The molecular weight excluding hydrogens is 326 g/mol. The predicted molar refractivity (Wildman–Crippen MR) is 104 cm³/mol. The number of aliphatic imine (C=N–C) groups is 1. The fourth-order valence-corrected chi connectivity index (χ4v) is 2.38. The van der Waals surface area contributed by atoms with E-state index >= 15 is 0 Å². The number of carbonyl (C=O) groups is 1. The van der Waals surface area contributed by atoms with Gasteiger partial charge in [-0.3, -0.25) is 4.79 Å². The van der Waals surface area contributed by atoms with Crippen molar-refractivity contribution in [3.05, 3.63) is 79.0 Å². The van der Waals surface area contributed by atoms with Crippen molar-refractivity contribution in [3.8, 4) is 16.9 Å². The number of nitrogens with zero attached hydrogens (tertiary/aromatic N) is 3. The molecule has 1 aromatic heterocycles. The van der Waals surface area contributed by atoms with E-state index in [0.717, 1.165) is 16.9 Å². The highest BCUT2D eigenvalue weighted by Crippen LogP contribution is 2.24. The van der Waals surface area contributed by atoms with Crippen molar-refractivity contribution >= 4 is 17.6 Å². The third-order valence-corrected chi connectivity index (χ3v) is 3.62. The predicted octanol–water partition coefficient (Wildman–Crippen LogP) is 3.37. The number of hydrogen-bond donors (Lipinski definition) is 2. The molecule has 0 unspecified atom stereocenters. The summed E-state index contributed by atoms with van der Waals surface area (Å²) in [4.78, 5) is 16.2. The molecule has 0 bridgehead atoms. The van der Waals surface area contributed by atoms with E-state index in [1.165, 1.54) is 6.20 Å². The molecule has 0 radical (unpaired) electrons. The van der Waals surface area contributed by atoms with Crippen LogP contribution in [0.3, 0.4) is 0 Å². The molecule has 0 fully saturated rings. The Morgan fingerprint density at radius 3 is 2.42 bits per heavy atom. The first-order chi connectivity index (χ1) is 12.7. The lowest BCUT2D eigenvalue weighted by Crippen LogP contribution is -2.30. The summed E-state index contributed by atoms with van der Waals surface area (Å²) >= 11 is 0. The number of para-hydroxylation sites is 1. The molecular formula is C20H19N5O. The van der Waals surface area contributed by atoms with Crippen LogP contribution in [0.1, 0.15) is 6.92 Å². The van der Waals surface area contributed by atoms with Crippen LogP contribution in [0, 0.1) is 0 Å². The Bertz CT molecular complexity index is 943. The molecule has 0 aliphatic rings. The molecule has 3 N–H and O–H groups in total. The minimum absolute atomic E-state index is 0.120. The smallest absolute Gasteiger partial charge is 0.292 e. The van der Waals surface area contributed by atoms with E-state index in [4.69, 9.17) is 5.73 Å². The maximum atomic E-state index is 12.3. The largest absolute Gasteiger partial charge is 0.379 e. The third-order valence-electron chi connectivity index (χ3n) is 3.62. The minimum Gasteiger partial charge on any atom is -0.379 e. The number of rotatable bonds is 4. The highest BCUT2D eigenvalue weighted by molar-refractivity contribution is 6.41. The lowest BCUT2D eigenvalue weighted by Gasteiger charge is -2.08. The highest BCUT2D eigenvalue weighted by atomic mass is 16.2. The summed E-state index contributed by atoms with van der Waals surface area (Å²) in [6.07, 6.45) is 3.17. The number of hydrogen-bond acceptors (Lipinski definition) is 3. The molecule has 130 valence electrons. The molecule has 3 aromatic rings. The van der Waals surface area contributed by atoms with Crippen LogP contribution in [-0.2, 0) is 4.79 Å². The fraction of sp³-hybridized carbons (Fsp3) is 0.0500. The monoisotopic (exact) mass is 345 g/mol. The summed E-state index contributed by atoms with van der Waals surface area (Å²) < 4.78 is 1.67. The van der Waals surface area contributed by atoms with Gasteiger partial charge in [0.25, 0.3) is 5.91 Å². The van der Waals surface area contributed by atoms with Crippen LogP contribution >= 0.6 is 0 Å². The van der Waals surface area contributed by atoms with Gasteiger partial charge in [0.15, 0.2) is 5.84 Å². The van der Waals surface area contributed by atoms with Crippen LogP contribution in [0.2, 0.25) is 0 Å². The Morgan fingerprint density at radius 1 is 1.12 bits per heavy atom. The Balaban J connectivity index is 2.00. The maximum absolute atomic E-state index is 12.3. The summed E-state index contributed by atoms with van der Waals surface area (Å²) in [5.41, 5.74) is 8.24. The highest BCUT2D eigenvalue weighted by Gasteiger charge is 2.15. The van der Waals surface area contributed by atoms with E-state index in [1.807, 2.05) is 66.7 Å². The molecule has 0 saturated carbocycles. The number of amides is 1. The SMILES string of the molecule is C/C=C\N=C(N)C(=O)Nc1cc(-c2ccccc2)nn1-c1ccccc1. The molecule has 0 spiro atoms. The van der Waals surface area contributed by atoms with Crippen molar-refractivity contribution in [1.82, 2.24) is 9.78 Å². The van der Waals surface area contributed by atoms with Crippen molar-refractivity contribution < 1.29 is 4.79 Å². The molecule has 1 amide bonds. The molecule has 26 heavy (non-hydrogen) atoms. The number of anilines is 1. The second-order valence-electron chi connectivity index (χ2n) is 5.48. The molecule has 0 aliphatic carbocycles. The van der Waals surface area contributed by atoms with Gasteiger partial charge in [0, 0.05) is 17.8 Å². The summed E-state index contributed by atoms with van der Waals surface area (Å²) in [6.45, 7) is 1.80. The lowest BCUT2D eigenvalue weighted by atomic mass is 10.1. The van der Waals surface area contributed by atoms with E-state index in [1.54, 1.807) is 17.7 Å². The Morgan fingerprint density at radius 2 is 1.77 bits per heavy atom. The first-order valence-electron chi connectivity index (χ1n) is 8.15. The molecule has 6 heteroatoms. The van der Waals surface area contributed by atoms with Gasteiger partial charge >= 0.3 is 0 Å². The van der Waals surface area contributed by atoms with Crippen LogP contribution in [0.4, 0.5) is 5.82 Å². The van der Waals surface area contributed by atoms with Crippen molar-refractivity contribution in [3.63, 3.8) is 0 Å². The molecule has 2 aromatic carbocycles. The Kier molecular flexibility index (Phi) is 5.24. The average Bonchev–Trinajstić information content (AvgIpc) is 3.11. The number of aromatic nitrogens is 2. The molecule has 3 rings (SSSR count). The Labute approximate surface area is 151 Å². The zero-order chi connectivity index (χ0) is 18.4. The summed E-state index contributed by atoms with van der Waals surface area (Å²) in [5, 5.41) is 7.41. The topological polar surface area (TPSA) is 85.3 Å². The van der Waals surface area contributed by atoms with Gasteiger partial charge in [-0.25, -0.2) is 9.67 Å². The van der Waals surface area contributed by atoms with Crippen molar-refractivity contribution in [2.45, 2.75) is 6.92 Å². The zero-order valence-electron chi connectivity index (χ0n) is 14.3. The number of nitrogens with one attached hydrogen (secondary N) is 1. The van der Waals surface area contributed by atoms with Gasteiger partial charge in [0.05, 0.1) is 11.4 Å². The van der Waals surface area contributed by atoms with Gasteiger partial charge in [-0.15, -0.1) is 0 Å². The fourth-order valence-electron chi connectivity index (χ4n) is 2.38. The number of nitrogens with two attached hydrogens (primary N) is 1. The van der Waals surface area contributed by atoms with E-state index in [9.17, 15) is 4.79 Å². The minimum atomic E-state index is -0.486. The third kappa shape index (κ3) is 3.87. The Hall–Kier alpha value is -3.67. The normalized spacial score (nSPS) is 11.7. The zero-order valence-corrected chi connectivity index (χ0v) is 14.3. The second kappa shape index (κ2) is 7.94. The van der Waals surface area contributed by atoms with Crippen molar-refractivity contribution in [2.75, 3.05) is 5.32 Å². The second-order valence-corrected chi connectivity index (χ2v) is 5.48. The summed E-state index contributed by atoms with van der Waals surface area (Å²) in [5.74, 6) is -0.0938. The standard InChI is InChI=1S/C20H19N5O/c1-2-13-22-19(21)20(26)23-18-14-17(15-9-5-3-6-10-15)24-25(18)16-11-7-4-8-12-16/h2-14H,1H3,(H2,21,22)(H,23,26)/b13-2-. The molecule has 1 heterocycles. The molecule has 0 atom stereocenters. The lowest BCUT2D eigenvalue weighted by molar-refractivity contribution is -0.110. The van der Waals surface area contributed by atoms with E-state index in [-0.39, 0.29) is 5.84 Å². The molecule has 0 saturated heterocycles. The van der Waals surface area contributed by atoms with Crippen LogP contribution < -0.4 is 11.1 Å². The molecule has 0 aliphatic heterocycles. The van der Waals surface area contributed by atoms with E-state index in [0.29, 0.717) is 5.82 Å². The van der Waals surface area contributed by atoms with Gasteiger partial charge in [-0.05, 0) is 19.1 Å². The van der Waals surface area contributed by atoms with Crippen LogP contribution in [0.15, 0.2) is 84.0 Å². The molecule has 6 nitrogen and oxygen atoms in total. The van der Waals surface area contributed by atoms with Crippen LogP contribution in [0.5, 0.6) is 0 Å². The van der Waals surface area contributed by atoms with E-state index in [2.05, 4.69) is 15.4 Å². The van der Waals surface area contributed by atoms with Gasteiger partial charge < -0.3 is 11.1 Å². The van der Waals surface area contributed by atoms with Gasteiger partial charge in [-0.1, -0.05) is 54.6 Å². The maximum Gasteiger partial charge on any atom is 0.292 e. The first-order valence-corrected chi connectivity index (χ1v) is 8.15. The number of amidine groups is 1. The number of allylic oxidation sites excluding steroid dienone is 1. The van der Waals surface area contributed by atoms with Crippen molar-refractivity contribution in [2.24, 2.45) is 10.7 Å². The van der Waals surface area contributed by atoms with Crippen LogP contribution in [0.25, 0.3) is 16.9 Å². The van der Waals surface area contributed by atoms with Gasteiger partial charge in [-0.2, -0.15) is 5.10 Å². The summed E-state index contributed by atoms with van der Waals surface area (Å²) in [7, 11) is 0. The first kappa shape index (κ1) is 17.2. The van der Waals surface area contributed by atoms with Gasteiger partial charge in [0.2, 0.25) is 0 Å². The number of carbonyl (C=O) groups excluding carboxylic acids is 1. The average molecular weight is 345 g/mol. The van der Waals surface area contributed by atoms with Gasteiger partial charge in [0.1, 0.15) is 5.82 Å². The number of benzene rings is 2. The van der Waals surface area contributed by atoms with Crippen molar-refractivity contribution in [1.29, 1.82) is 0 Å². The van der Waals surface area contributed by atoms with Crippen LogP contribution in [-0.4, -0.2) is 21.5 Å².